The first-order chi connectivity index (χ1) is 6.65. The Balaban J connectivity index is 2.60. The maximum atomic E-state index is 3.36. The molecule has 1 heterocycles. The summed E-state index contributed by atoms with van der Waals surface area (Å²) < 4.78 is 0. The van der Waals surface area contributed by atoms with E-state index in [1.165, 1.54) is 12.0 Å². The fourth-order valence-corrected chi connectivity index (χ4v) is 2.57. The molecule has 1 aromatic heterocycles. The van der Waals surface area contributed by atoms with Crippen LogP contribution in [-0.4, -0.2) is 13.1 Å². The summed E-state index contributed by atoms with van der Waals surface area (Å²) in [5, 5.41) is 7.79. The largest absolute Gasteiger partial charge is 0.317 e. The van der Waals surface area contributed by atoms with E-state index < -0.39 is 0 Å². The van der Waals surface area contributed by atoms with Gasteiger partial charge in [-0.05, 0) is 54.6 Å². The Labute approximate surface area is 91.5 Å². The summed E-state index contributed by atoms with van der Waals surface area (Å²) in [7, 11) is 2.05. The monoisotopic (exact) mass is 211 g/mol. The molecule has 2 unspecified atom stereocenters. The van der Waals surface area contributed by atoms with Crippen LogP contribution >= 0.6 is 11.3 Å². The quantitative estimate of drug-likeness (QED) is 0.789. The van der Waals surface area contributed by atoms with E-state index in [1.54, 1.807) is 11.3 Å². The summed E-state index contributed by atoms with van der Waals surface area (Å²) in [6, 6.07) is 2.83. The third kappa shape index (κ3) is 3.10. The van der Waals surface area contributed by atoms with Crippen LogP contribution in [0.5, 0.6) is 0 Å². The lowest BCUT2D eigenvalue weighted by molar-refractivity contribution is 0.300. The maximum Gasteiger partial charge on any atom is 0.00696 e. The molecule has 1 N–H and O–H groups in total. The summed E-state index contributed by atoms with van der Waals surface area (Å²) in [5.74, 6) is 1.46. The van der Waals surface area contributed by atoms with Gasteiger partial charge in [0, 0.05) is 6.04 Å². The van der Waals surface area contributed by atoms with E-state index in [0.29, 0.717) is 6.04 Å². The number of rotatable bonds is 5. The van der Waals surface area contributed by atoms with Crippen LogP contribution in [0.2, 0.25) is 0 Å². The van der Waals surface area contributed by atoms with Crippen molar-refractivity contribution in [2.24, 2.45) is 11.8 Å². The highest BCUT2D eigenvalue weighted by atomic mass is 32.1. The number of hydrogen-bond acceptors (Lipinski definition) is 2. The highest BCUT2D eigenvalue weighted by molar-refractivity contribution is 7.07. The normalized spacial score (nSPS) is 15.8. The number of thiophene rings is 1. The molecule has 0 aliphatic heterocycles. The second kappa shape index (κ2) is 5.52. The molecule has 80 valence electrons. The average Bonchev–Trinajstić information content (AvgIpc) is 2.65. The van der Waals surface area contributed by atoms with Crippen LogP contribution in [0.3, 0.4) is 0 Å². The predicted molar refractivity (Wildman–Crippen MR) is 64.9 cm³/mol. The minimum atomic E-state index is 0.593. The van der Waals surface area contributed by atoms with Gasteiger partial charge in [0.15, 0.2) is 0 Å². The van der Waals surface area contributed by atoms with Crippen molar-refractivity contribution in [3.63, 3.8) is 0 Å². The first-order valence-corrected chi connectivity index (χ1v) is 6.27. The van der Waals surface area contributed by atoms with Crippen LogP contribution in [0.25, 0.3) is 0 Å². The lowest BCUT2D eigenvalue weighted by atomic mass is 9.85. The zero-order chi connectivity index (χ0) is 10.6. The lowest BCUT2D eigenvalue weighted by Crippen LogP contribution is -2.34. The van der Waals surface area contributed by atoms with E-state index in [-0.39, 0.29) is 0 Å². The highest BCUT2D eigenvalue weighted by Crippen LogP contribution is 2.21. The van der Waals surface area contributed by atoms with Gasteiger partial charge in [0.05, 0.1) is 0 Å². The molecule has 0 saturated heterocycles. The van der Waals surface area contributed by atoms with Crippen LogP contribution in [-0.2, 0) is 6.42 Å². The van der Waals surface area contributed by atoms with Gasteiger partial charge in [0.25, 0.3) is 0 Å². The van der Waals surface area contributed by atoms with Crippen molar-refractivity contribution in [1.29, 1.82) is 0 Å². The molecule has 14 heavy (non-hydrogen) atoms. The summed E-state index contributed by atoms with van der Waals surface area (Å²) in [5.41, 5.74) is 1.48. The van der Waals surface area contributed by atoms with E-state index in [4.69, 9.17) is 0 Å². The van der Waals surface area contributed by atoms with Gasteiger partial charge in [-0.3, -0.25) is 0 Å². The summed E-state index contributed by atoms with van der Waals surface area (Å²) in [6.45, 7) is 6.90. The van der Waals surface area contributed by atoms with Crippen LogP contribution < -0.4 is 5.32 Å². The molecule has 2 atom stereocenters. The van der Waals surface area contributed by atoms with Crippen molar-refractivity contribution in [1.82, 2.24) is 5.32 Å². The van der Waals surface area contributed by atoms with Gasteiger partial charge < -0.3 is 5.32 Å². The van der Waals surface area contributed by atoms with Gasteiger partial charge in [-0.1, -0.05) is 13.8 Å². The second-order valence-electron chi connectivity index (χ2n) is 4.32. The molecular weight excluding hydrogens is 190 g/mol. The fourth-order valence-electron chi connectivity index (χ4n) is 1.88. The SMILES string of the molecule is CNC(C)C(Cc1ccsc1)C(C)C. The molecule has 0 spiro atoms. The standard InChI is InChI=1S/C12H21NS/c1-9(2)12(10(3)13-4)7-11-5-6-14-8-11/h5-6,8-10,12-13H,7H2,1-4H3. The smallest absolute Gasteiger partial charge is 0.00696 e. The summed E-state index contributed by atoms with van der Waals surface area (Å²) in [4.78, 5) is 0. The van der Waals surface area contributed by atoms with Crippen molar-refractivity contribution < 1.29 is 0 Å². The maximum absolute atomic E-state index is 3.36. The first kappa shape index (κ1) is 11.7. The van der Waals surface area contributed by atoms with E-state index >= 15 is 0 Å². The van der Waals surface area contributed by atoms with Gasteiger partial charge in [-0.25, -0.2) is 0 Å². The predicted octanol–water partition coefficient (Wildman–Crippen LogP) is 3.17. The third-order valence-electron chi connectivity index (χ3n) is 3.01. The van der Waals surface area contributed by atoms with Gasteiger partial charge in [0.1, 0.15) is 0 Å². The Morgan fingerprint density at radius 2 is 2.07 bits per heavy atom. The molecule has 0 fully saturated rings. The molecule has 2 heteroatoms. The van der Waals surface area contributed by atoms with E-state index in [9.17, 15) is 0 Å². The molecule has 0 aromatic carbocycles. The Morgan fingerprint density at radius 1 is 1.36 bits per heavy atom. The van der Waals surface area contributed by atoms with Crippen molar-refractivity contribution >= 4 is 11.3 Å². The van der Waals surface area contributed by atoms with E-state index in [0.717, 1.165) is 11.8 Å². The molecule has 1 rings (SSSR count). The van der Waals surface area contributed by atoms with Crippen molar-refractivity contribution in [3.8, 4) is 0 Å². The minimum Gasteiger partial charge on any atom is -0.317 e. The van der Waals surface area contributed by atoms with Crippen molar-refractivity contribution in [2.75, 3.05) is 7.05 Å². The first-order valence-electron chi connectivity index (χ1n) is 5.33. The zero-order valence-corrected chi connectivity index (χ0v) is 10.4. The van der Waals surface area contributed by atoms with Gasteiger partial charge in [-0.2, -0.15) is 11.3 Å². The summed E-state index contributed by atoms with van der Waals surface area (Å²) >= 11 is 1.79. The second-order valence-corrected chi connectivity index (χ2v) is 5.10. The highest BCUT2D eigenvalue weighted by Gasteiger charge is 2.19. The van der Waals surface area contributed by atoms with Crippen LogP contribution in [0.1, 0.15) is 26.3 Å². The Hall–Kier alpha value is -0.340. The molecule has 0 bridgehead atoms. The lowest BCUT2D eigenvalue weighted by Gasteiger charge is -2.26. The van der Waals surface area contributed by atoms with Gasteiger partial charge in [-0.15, -0.1) is 0 Å². The fraction of sp³-hybridized carbons (Fsp3) is 0.667. The molecule has 0 saturated carbocycles. The van der Waals surface area contributed by atoms with Crippen LogP contribution in [0, 0.1) is 11.8 Å². The Morgan fingerprint density at radius 3 is 2.50 bits per heavy atom. The van der Waals surface area contributed by atoms with E-state index in [1.807, 2.05) is 7.05 Å². The molecule has 1 aromatic rings. The molecule has 1 nitrogen and oxygen atoms in total. The Bertz CT molecular complexity index is 241. The topological polar surface area (TPSA) is 12.0 Å². The number of nitrogens with one attached hydrogen (secondary N) is 1. The van der Waals surface area contributed by atoms with Crippen molar-refractivity contribution in [3.05, 3.63) is 22.4 Å². The van der Waals surface area contributed by atoms with Gasteiger partial charge in [0.2, 0.25) is 0 Å². The third-order valence-corrected chi connectivity index (χ3v) is 3.74. The Kier molecular flexibility index (Phi) is 4.63. The van der Waals surface area contributed by atoms with Gasteiger partial charge >= 0.3 is 0 Å². The number of hydrogen-bond donors (Lipinski definition) is 1. The molecule has 0 radical (unpaired) electrons. The average molecular weight is 211 g/mol. The van der Waals surface area contributed by atoms with Crippen LogP contribution in [0.4, 0.5) is 0 Å². The van der Waals surface area contributed by atoms with Crippen LogP contribution in [0.15, 0.2) is 16.8 Å². The van der Waals surface area contributed by atoms with E-state index in [2.05, 4.69) is 42.9 Å². The minimum absolute atomic E-state index is 0.593. The van der Waals surface area contributed by atoms with Crippen molar-refractivity contribution in [2.45, 2.75) is 33.2 Å². The molecular formula is C12H21NS. The molecule has 0 aliphatic rings. The molecule has 0 amide bonds. The summed E-state index contributed by atoms with van der Waals surface area (Å²) in [6.07, 6.45) is 1.20. The zero-order valence-electron chi connectivity index (χ0n) is 9.58. The molecule has 0 aliphatic carbocycles.